The lowest BCUT2D eigenvalue weighted by Crippen LogP contribution is -2.24. The Morgan fingerprint density at radius 3 is 2.62 bits per heavy atom. The summed E-state index contributed by atoms with van der Waals surface area (Å²) in [5, 5.41) is 23.2. The molecular weight excluding hydrogens is 208 g/mol. The Balaban J connectivity index is 2.70. The van der Waals surface area contributed by atoms with E-state index in [0.717, 1.165) is 0 Å². The highest BCUT2D eigenvalue weighted by molar-refractivity contribution is 5.61. The third-order valence-electron chi connectivity index (χ3n) is 2.37. The van der Waals surface area contributed by atoms with Crippen molar-refractivity contribution in [3.05, 3.63) is 34.4 Å². The van der Waals surface area contributed by atoms with Gasteiger partial charge in [0.15, 0.2) is 0 Å². The van der Waals surface area contributed by atoms with E-state index in [9.17, 15) is 15.2 Å². The van der Waals surface area contributed by atoms with Gasteiger partial charge in [-0.05, 0) is 12.0 Å². The Hall–Kier alpha value is -1.62. The molecule has 0 heterocycles. The maximum atomic E-state index is 10.7. The second-order valence-corrected chi connectivity index (χ2v) is 3.97. The summed E-state index contributed by atoms with van der Waals surface area (Å²) in [6.07, 6.45) is -0.514. The van der Waals surface area contributed by atoms with Crippen molar-refractivity contribution in [2.45, 2.75) is 20.0 Å². The van der Waals surface area contributed by atoms with Crippen molar-refractivity contribution in [2.75, 3.05) is 11.9 Å². The molecule has 0 saturated carbocycles. The predicted molar refractivity (Wildman–Crippen MR) is 62.4 cm³/mol. The van der Waals surface area contributed by atoms with E-state index >= 15 is 0 Å². The second-order valence-electron chi connectivity index (χ2n) is 3.97. The average molecular weight is 224 g/mol. The Morgan fingerprint density at radius 1 is 1.44 bits per heavy atom. The molecule has 0 radical (unpaired) electrons. The van der Waals surface area contributed by atoms with Crippen LogP contribution in [0.25, 0.3) is 0 Å². The van der Waals surface area contributed by atoms with Crippen LogP contribution in [0, 0.1) is 16.0 Å². The molecule has 0 bridgehead atoms. The van der Waals surface area contributed by atoms with Crippen LogP contribution in [-0.4, -0.2) is 22.7 Å². The molecule has 1 atom stereocenters. The highest BCUT2D eigenvalue weighted by Crippen LogP contribution is 2.23. The summed E-state index contributed by atoms with van der Waals surface area (Å²) in [4.78, 5) is 10.3. The summed E-state index contributed by atoms with van der Waals surface area (Å²) >= 11 is 0. The molecule has 0 aliphatic carbocycles. The summed E-state index contributed by atoms with van der Waals surface area (Å²) in [6.45, 7) is 4.10. The third-order valence-corrected chi connectivity index (χ3v) is 2.37. The minimum Gasteiger partial charge on any atom is -0.391 e. The van der Waals surface area contributed by atoms with Gasteiger partial charge in [0.25, 0.3) is 5.69 Å². The number of hydrogen-bond donors (Lipinski definition) is 2. The van der Waals surface area contributed by atoms with Gasteiger partial charge in [-0.15, -0.1) is 0 Å². The van der Waals surface area contributed by atoms with Crippen LogP contribution in [0.5, 0.6) is 0 Å². The van der Waals surface area contributed by atoms with Gasteiger partial charge in [-0.3, -0.25) is 10.1 Å². The van der Waals surface area contributed by atoms with Crippen molar-refractivity contribution in [1.29, 1.82) is 0 Å². The minimum absolute atomic E-state index is 0.0263. The number of anilines is 1. The molecule has 0 saturated heterocycles. The number of nitrogens with one attached hydrogen (secondary N) is 1. The van der Waals surface area contributed by atoms with Crippen molar-refractivity contribution in [3.63, 3.8) is 0 Å². The van der Waals surface area contributed by atoms with E-state index in [1.807, 2.05) is 13.8 Å². The summed E-state index contributed by atoms with van der Waals surface area (Å²) in [6, 6.07) is 6.40. The first kappa shape index (κ1) is 12.4. The standard InChI is InChI=1S/C11H16N2O3/c1-8(2)11(14)7-12-9-5-3-4-6-10(9)13(15)16/h3-6,8,11-12,14H,7H2,1-2H3. The molecule has 0 aliphatic heterocycles. The zero-order valence-electron chi connectivity index (χ0n) is 9.38. The van der Waals surface area contributed by atoms with Gasteiger partial charge in [-0.1, -0.05) is 26.0 Å². The van der Waals surface area contributed by atoms with E-state index < -0.39 is 11.0 Å². The SMILES string of the molecule is CC(C)C(O)CNc1ccccc1[N+](=O)[O-]. The maximum Gasteiger partial charge on any atom is 0.292 e. The third kappa shape index (κ3) is 3.20. The first-order valence-corrected chi connectivity index (χ1v) is 5.17. The fraction of sp³-hybridized carbons (Fsp3) is 0.455. The molecule has 88 valence electrons. The van der Waals surface area contributed by atoms with Gasteiger partial charge in [-0.2, -0.15) is 0 Å². The number of nitro groups is 1. The molecule has 2 N–H and O–H groups in total. The molecule has 5 nitrogen and oxygen atoms in total. The van der Waals surface area contributed by atoms with Crippen molar-refractivity contribution >= 4 is 11.4 Å². The number of benzene rings is 1. The van der Waals surface area contributed by atoms with Crippen LogP contribution in [0.2, 0.25) is 0 Å². The Kier molecular flexibility index (Phi) is 4.25. The quantitative estimate of drug-likeness (QED) is 0.592. The summed E-state index contributed by atoms with van der Waals surface area (Å²) in [7, 11) is 0. The highest BCUT2D eigenvalue weighted by atomic mass is 16.6. The monoisotopic (exact) mass is 224 g/mol. The predicted octanol–water partition coefficient (Wildman–Crippen LogP) is 2.02. The number of nitrogens with zero attached hydrogens (tertiary/aromatic N) is 1. The van der Waals surface area contributed by atoms with Crippen molar-refractivity contribution < 1.29 is 10.0 Å². The Labute approximate surface area is 94.3 Å². The van der Waals surface area contributed by atoms with E-state index in [2.05, 4.69) is 5.32 Å². The smallest absolute Gasteiger partial charge is 0.292 e. The molecule has 16 heavy (non-hydrogen) atoms. The van der Waals surface area contributed by atoms with E-state index in [1.54, 1.807) is 18.2 Å². The Morgan fingerprint density at radius 2 is 2.06 bits per heavy atom. The van der Waals surface area contributed by atoms with Gasteiger partial charge in [0.1, 0.15) is 5.69 Å². The van der Waals surface area contributed by atoms with Gasteiger partial charge in [0, 0.05) is 12.6 Å². The van der Waals surface area contributed by atoms with Crippen LogP contribution in [0.4, 0.5) is 11.4 Å². The van der Waals surface area contributed by atoms with Crippen LogP contribution in [0.1, 0.15) is 13.8 Å². The van der Waals surface area contributed by atoms with Crippen LogP contribution >= 0.6 is 0 Å². The fourth-order valence-electron chi connectivity index (χ4n) is 1.23. The summed E-state index contributed by atoms with van der Waals surface area (Å²) in [5.41, 5.74) is 0.464. The largest absolute Gasteiger partial charge is 0.391 e. The molecular formula is C11H16N2O3. The molecule has 0 aromatic heterocycles. The molecule has 0 fully saturated rings. The molecule has 1 unspecified atom stereocenters. The van der Waals surface area contributed by atoms with E-state index in [1.165, 1.54) is 6.07 Å². The van der Waals surface area contributed by atoms with Crippen LogP contribution in [0.3, 0.4) is 0 Å². The van der Waals surface area contributed by atoms with E-state index in [-0.39, 0.29) is 11.6 Å². The number of para-hydroxylation sites is 2. The molecule has 1 aromatic carbocycles. The topological polar surface area (TPSA) is 75.4 Å². The normalized spacial score (nSPS) is 12.5. The van der Waals surface area contributed by atoms with Gasteiger partial charge < -0.3 is 10.4 Å². The first-order valence-electron chi connectivity index (χ1n) is 5.17. The molecule has 0 aliphatic rings. The van der Waals surface area contributed by atoms with Crippen molar-refractivity contribution in [2.24, 2.45) is 5.92 Å². The van der Waals surface area contributed by atoms with Crippen LogP contribution in [-0.2, 0) is 0 Å². The molecule has 1 aromatic rings. The zero-order valence-corrected chi connectivity index (χ0v) is 9.38. The van der Waals surface area contributed by atoms with Gasteiger partial charge in [0.2, 0.25) is 0 Å². The zero-order chi connectivity index (χ0) is 12.1. The lowest BCUT2D eigenvalue weighted by atomic mass is 10.1. The van der Waals surface area contributed by atoms with Crippen LogP contribution in [0.15, 0.2) is 24.3 Å². The number of aliphatic hydroxyl groups is 1. The highest BCUT2D eigenvalue weighted by Gasteiger charge is 2.14. The van der Waals surface area contributed by atoms with Gasteiger partial charge in [0.05, 0.1) is 11.0 Å². The number of rotatable bonds is 5. The van der Waals surface area contributed by atoms with Crippen LogP contribution < -0.4 is 5.32 Å². The number of nitro benzene ring substituents is 1. The van der Waals surface area contributed by atoms with E-state index in [0.29, 0.717) is 12.2 Å². The van der Waals surface area contributed by atoms with E-state index in [4.69, 9.17) is 0 Å². The number of hydrogen-bond acceptors (Lipinski definition) is 4. The first-order chi connectivity index (χ1) is 7.52. The molecule has 1 rings (SSSR count). The second kappa shape index (κ2) is 5.46. The lowest BCUT2D eigenvalue weighted by molar-refractivity contribution is -0.384. The summed E-state index contributed by atoms with van der Waals surface area (Å²) in [5.74, 6) is 0.121. The number of aliphatic hydroxyl groups excluding tert-OH is 1. The molecule has 0 amide bonds. The average Bonchev–Trinajstić information content (AvgIpc) is 2.25. The Bertz CT molecular complexity index is 366. The van der Waals surface area contributed by atoms with Crippen molar-refractivity contribution in [3.8, 4) is 0 Å². The molecule has 5 heteroatoms. The van der Waals surface area contributed by atoms with Gasteiger partial charge >= 0.3 is 0 Å². The molecule has 0 spiro atoms. The lowest BCUT2D eigenvalue weighted by Gasteiger charge is -2.15. The summed E-state index contributed by atoms with van der Waals surface area (Å²) < 4.78 is 0. The van der Waals surface area contributed by atoms with Crippen molar-refractivity contribution in [1.82, 2.24) is 0 Å². The fourth-order valence-corrected chi connectivity index (χ4v) is 1.23. The maximum absolute atomic E-state index is 10.7. The minimum atomic E-state index is -0.514. The van der Waals surface area contributed by atoms with Gasteiger partial charge in [-0.25, -0.2) is 0 Å².